The van der Waals surface area contributed by atoms with Gasteiger partial charge in [-0.25, -0.2) is 4.98 Å². The minimum absolute atomic E-state index is 0.0683. The topological polar surface area (TPSA) is 59.8 Å². The second kappa shape index (κ2) is 11.1. The van der Waals surface area contributed by atoms with Crippen molar-refractivity contribution in [1.29, 1.82) is 0 Å². The third kappa shape index (κ3) is 5.50. The molecule has 2 aliphatic rings. The van der Waals surface area contributed by atoms with Crippen molar-refractivity contribution in [3.63, 3.8) is 0 Å². The quantitative estimate of drug-likeness (QED) is 0.468. The molecule has 36 heavy (non-hydrogen) atoms. The Labute approximate surface area is 213 Å². The number of carbonyl (C=O) groups excluding carboxylic acids is 1. The van der Waals surface area contributed by atoms with E-state index in [4.69, 9.17) is 9.47 Å². The number of benzene rings is 2. The summed E-state index contributed by atoms with van der Waals surface area (Å²) in [7, 11) is 1.69. The molecular weight excluding hydrogens is 452 g/mol. The minimum Gasteiger partial charge on any atom is -0.493 e. The van der Waals surface area contributed by atoms with Gasteiger partial charge in [-0.2, -0.15) is 0 Å². The number of aryl methyl sites for hydroxylation is 1. The van der Waals surface area contributed by atoms with Gasteiger partial charge < -0.3 is 23.8 Å². The fourth-order valence-corrected chi connectivity index (χ4v) is 5.43. The molecule has 1 atom stereocenters. The average molecular weight is 489 g/mol. The van der Waals surface area contributed by atoms with Gasteiger partial charge in [0, 0.05) is 43.8 Å². The van der Waals surface area contributed by atoms with Gasteiger partial charge in [0.05, 0.1) is 19.3 Å². The molecule has 5 rings (SSSR count). The molecule has 2 aromatic carbocycles. The number of amides is 1. The largest absolute Gasteiger partial charge is 0.493 e. The zero-order valence-electron chi connectivity index (χ0n) is 21.3. The van der Waals surface area contributed by atoms with Crippen LogP contribution in [0.15, 0.2) is 60.9 Å². The van der Waals surface area contributed by atoms with E-state index in [2.05, 4.69) is 51.2 Å². The molecule has 1 amide bonds. The molecule has 1 saturated carbocycles. The van der Waals surface area contributed by atoms with Gasteiger partial charge in [-0.15, -0.1) is 0 Å². The van der Waals surface area contributed by atoms with E-state index >= 15 is 0 Å². The molecular formula is C29H36N4O3. The van der Waals surface area contributed by atoms with Crippen LogP contribution < -0.4 is 14.4 Å². The van der Waals surface area contributed by atoms with Gasteiger partial charge in [0.15, 0.2) is 11.5 Å². The normalized spacial score (nSPS) is 18.4. The van der Waals surface area contributed by atoms with Crippen LogP contribution in [-0.2, 0) is 17.8 Å². The Hall–Kier alpha value is -3.48. The Morgan fingerprint density at radius 1 is 1.06 bits per heavy atom. The average Bonchev–Trinajstić information content (AvgIpc) is 3.56. The maximum Gasteiger partial charge on any atom is 0.242 e. The molecule has 0 spiro atoms. The third-order valence-corrected chi connectivity index (χ3v) is 7.45. The number of nitrogens with zero attached hydrogens (tertiary/aromatic N) is 4. The van der Waals surface area contributed by atoms with Crippen molar-refractivity contribution in [1.82, 2.24) is 14.5 Å². The number of anilines is 1. The Morgan fingerprint density at radius 3 is 2.58 bits per heavy atom. The number of imidazole rings is 1. The van der Waals surface area contributed by atoms with Gasteiger partial charge in [0.25, 0.3) is 0 Å². The van der Waals surface area contributed by atoms with Crippen LogP contribution in [-0.4, -0.2) is 59.2 Å². The number of aromatic nitrogens is 2. The highest BCUT2D eigenvalue weighted by atomic mass is 16.5. The fraction of sp³-hybridized carbons (Fsp3) is 0.448. The van der Waals surface area contributed by atoms with Crippen molar-refractivity contribution in [3.8, 4) is 11.5 Å². The van der Waals surface area contributed by atoms with E-state index in [-0.39, 0.29) is 18.1 Å². The van der Waals surface area contributed by atoms with Crippen molar-refractivity contribution in [2.24, 2.45) is 0 Å². The first-order chi connectivity index (χ1) is 17.6. The number of hydrogen-bond donors (Lipinski definition) is 0. The molecule has 1 aliphatic heterocycles. The zero-order chi connectivity index (χ0) is 24.9. The highest BCUT2D eigenvalue weighted by molar-refractivity contribution is 5.77. The summed E-state index contributed by atoms with van der Waals surface area (Å²) in [6.07, 6.45) is 9.35. The Morgan fingerprint density at radius 2 is 1.86 bits per heavy atom. The van der Waals surface area contributed by atoms with Crippen molar-refractivity contribution in [2.45, 2.75) is 57.7 Å². The molecule has 7 nitrogen and oxygen atoms in total. The van der Waals surface area contributed by atoms with Crippen LogP contribution in [0.3, 0.4) is 0 Å². The van der Waals surface area contributed by atoms with Crippen LogP contribution in [0.1, 0.15) is 37.1 Å². The van der Waals surface area contributed by atoms with E-state index in [0.29, 0.717) is 13.1 Å². The fourth-order valence-electron chi connectivity index (χ4n) is 5.43. The van der Waals surface area contributed by atoms with E-state index in [1.165, 1.54) is 18.4 Å². The van der Waals surface area contributed by atoms with Gasteiger partial charge in [0.1, 0.15) is 12.4 Å². The summed E-state index contributed by atoms with van der Waals surface area (Å²) in [5.41, 5.74) is 2.35. The summed E-state index contributed by atoms with van der Waals surface area (Å²) < 4.78 is 13.9. The standard InChI is InChI=1S/C29H36N4O3/c1-22-30-14-15-31(22)21-29(34)33-17-16-32(20-25(33)18-23-8-4-3-5-9-23)24-12-13-27(35-2)28(19-24)36-26-10-6-7-11-26/h3-5,8-9,12-15,19,25-26H,6-7,10-11,16-18,20-21H2,1-2H3/t25-/m0/s1. The molecule has 7 heteroatoms. The number of carbonyl (C=O) groups is 1. The number of hydrogen-bond acceptors (Lipinski definition) is 5. The summed E-state index contributed by atoms with van der Waals surface area (Å²) in [4.78, 5) is 22.1. The van der Waals surface area contributed by atoms with E-state index in [9.17, 15) is 4.79 Å². The molecule has 2 heterocycles. The molecule has 190 valence electrons. The Bertz CT molecular complexity index is 1160. The molecule has 1 aromatic heterocycles. The summed E-state index contributed by atoms with van der Waals surface area (Å²) >= 11 is 0. The van der Waals surface area contributed by atoms with Gasteiger partial charge in [-0.3, -0.25) is 4.79 Å². The first-order valence-electron chi connectivity index (χ1n) is 13.0. The molecule has 0 bridgehead atoms. The summed E-state index contributed by atoms with van der Waals surface area (Å²) in [5, 5.41) is 0. The van der Waals surface area contributed by atoms with Crippen molar-refractivity contribution in [2.75, 3.05) is 31.6 Å². The molecule has 1 saturated heterocycles. The van der Waals surface area contributed by atoms with Crippen molar-refractivity contribution >= 4 is 11.6 Å². The Balaban J connectivity index is 1.36. The number of piperazine rings is 1. The predicted octanol–water partition coefficient (Wildman–Crippen LogP) is 4.48. The lowest BCUT2D eigenvalue weighted by Crippen LogP contribution is -2.56. The predicted molar refractivity (Wildman–Crippen MR) is 141 cm³/mol. The van der Waals surface area contributed by atoms with Gasteiger partial charge in [0.2, 0.25) is 5.91 Å². The van der Waals surface area contributed by atoms with Crippen molar-refractivity contribution < 1.29 is 14.3 Å². The summed E-state index contributed by atoms with van der Waals surface area (Å²) in [6, 6.07) is 16.7. The van der Waals surface area contributed by atoms with E-state index < -0.39 is 0 Å². The van der Waals surface area contributed by atoms with Gasteiger partial charge in [-0.05, 0) is 56.7 Å². The monoisotopic (exact) mass is 488 g/mol. The summed E-state index contributed by atoms with van der Waals surface area (Å²) in [6.45, 7) is 4.46. The van der Waals surface area contributed by atoms with Crippen LogP contribution in [0.2, 0.25) is 0 Å². The first-order valence-corrected chi connectivity index (χ1v) is 13.0. The molecule has 0 unspecified atom stereocenters. The summed E-state index contributed by atoms with van der Waals surface area (Å²) in [5.74, 6) is 2.58. The maximum absolute atomic E-state index is 13.4. The van der Waals surface area contributed by atoms with Crippen molar-refractivity contribution in [3.05, 3.63) is 72.3 Å². The van der Waals surface area contributed by atoms with E-state index in [1.54, 1.807) is 13.3 Å². The zero-order valence-corrected chi connectivity index (χ0v) is 21.3. The Kier molecular flexibility index (Phi) is 7.44. The van der Waals surface area contributed by atoms with Crippen LogP contribution in [0, 0.1) is 6.92 Å². The molecule has 0 N–H and O–H groups in total. The second-order valence-corrected chi connectivity index (χ2v) is 9.84. The second-order valence-electron chi connectivity index (χ2n) is 9.84. The van der Waals surface area contributed by atoms with Crippen LogP contribution in [0.4, 0.5) is 5.69 Å². The molecule has 2 fully saturated rings. The lowest BCUT2D eigenvalue weighted by Gasteiger charge is -2.43. The van der Waals surface area contributed by atoms with Gasteiger partial charge in [-0.1, -0.05) is 30.3 Å². The van der Waals surface area contributed by atoms with Gasteiger partial charge >= 0.3 is 0 Å². The molecule has 3 aromatic rings. The lowest BCUT2D eigenvalue weighted by molar-refractivity contribution is -0.134. The van der Waals surface area contributed by atoms with E-state index in [1.807, 2.05) is 29.8 Å². The highest BCUT2D eigenvalue weighted by Crippen LogP contribution is 2.36. The number of methoxy groups -OCH3 is 1. The maximum atomic E-state index is 13.4. The smallest absolute Gasteiger partial charge is 0.242 e. The third-order valence-electron chi connectivity index (χ3n) is 7.45. The lowest BCUT2D eigenvalue weighted by atomic mass is 10.0. The first kappa shape index (κ1) is 24.2. The van der Waals surface area contributed by atoms with Crippen LogP contribution >= 0.6 is 0 Å². The molecule has 1 aliphatic carbocycles. The van der Waals surface area contributed by atoms with Crippen LogP contribution in [0.5, 0.6) is 11.5 Å². The molecule has 0 radical (unpaired) electrons. The SMILES string of the molecule is COc1ccc(N2CCN(C(=O)Cn3ccnc3C)[C@@H](Cc3ccccc3)C2)cc1OC1CCCC1. The highest BCUT2D eigenvalue weighted by Gasteiger charge is 2.31. The minimum atomic E-state index is 0.0683. The number of rotatable bonds is 8. The van der Waals surface area contributed by atoms with Crippen LogP contribution in [0.25, 0.3) is 0 Å². The van der Waals surface area contributed by atoms with E-state index in [0.717, 1.165) is 55.4 Å². The number of ether oxygens (including phenoxy) is 2.